The van der Waals surface area contributed by atoms with E-state index in [1.54, 1.807) is 7.11 Å². The zero-order chi connectivity index (χ0) is 30.4. The Morgan fingerprint density at radius 2 is 1.66 bits per heavy atom. The predicted octanol–water partition coefficient (Wildman–Crippen LogP) is 6.30. The van der Waals surface area contributed by atoms with Crippen molar-refractivity contribution >= 4 is 28.3 Å². The van der Waals surface area contributed by atoms with Crippen molar-refractivity contribution in [3.05, 3.63) is 120 Å². The third-order valence-corrected chi connectivity index (χ3v) is 9.23. The zero-order valence-electron chi connectivity index (χ0n) is 25.4. The van der Waals surface area contributed by atoms with Crippen LogP contribution in [0.2, 0.25) is 0 Å². The number of para-hydroxylation sites is 1. The van der Waals surface area contributed by atoms with E-state index >= 15 is 0 Å². The van der Waals surface area contributed by atoms with E-state index in [1.165, 1.54) is 0 Å². The maximum absolute atomic E-state index is 14.3. The maximum Gasteiger partial charge on any atom is 0.270 e. The first-order valence-electron chi connectivity index (χ1n) is 15.1. The fourth-order valence-corrected chi connectivity index (χ4v) is 6.77. The van der Waals surface area contributed by atoms with Crippen LogP contribution in [0.1, 0.15) is 38.5 Å². The summed E-state index contributed by atoms with van der Waals surface area (Å²) in [5, 5.41) is 2.28. The number of hydrogen-bond donors (Lipinski definition) is 0. The number of amides is 2. The van der Waals surface area contributed by atoms with Crippen LogP contribution in [0.15, 0.2) is 97.1 Å². The number of carbonyl (C=O) groups is 2. The average Bonchev–Trinajstić information content (AvgIpc) is 3.63. The molecule has 222 valence electrons. The summed E-state index contributed by atoms with van der Waals surface area (Å²) in [5.74, 6) is 0.545. The second kappa shape index (κ2) is 11.3. The van der Waals surface area contributed by atoms with Gasteiger partial charge in [-0.15, -0.1) is 0 Å². The second-order valence-corrected chi connectivity index (χ2v) is 11.9. The van der Waals surface area contributed by atoms with Gasteiger partial charge in [-0.25, -0.2) is 0 Å². The number of benzene rings is 4. The molecule has 7 heteroatoms. The number of nitrogens with zero attached hydrogens (tertiary/aromatic N) is 4. The first kappa shape index (κ1) is 27.9. The first-order chi connectivity index (χ1) is 21.4. The highest BCUT2D eigenvalue weighted by molar-refractivity contribution is 6.08. The van der Waals surface area contributed by atoms with Crippen LogP contribution in [0.4, 0.5) is 5.69 Å². The van der Waals surface area contributed by atoms with Gasteiger partial charge in [-0.3, -0.25) is 9.59 Å². The molecule has 0 bridgehead atoms. The van der Waals surface area contributed by atoms with Gasteiger partial charge in [0.2, 0.25) is 0 Å². The number of rotatable bonds is 5. The minimum Gasteiger partial charge on any atom is -0.496 e. The van der Waals surface area contributed by atoms with Crippen LogP contribution in [-0.4, -0.2) is 66.5 Å². The lowest BCUT2D eigenvalue weighted by atomic mass is 9.96. The highest BCUT2D eigenvalue weighted by Crippen LogP contribution is 2.37. The number of fused-ring (bicyclic) bond motifs is 3. The quantitative estimate of drug-likeness (QED) is 0.243. The number of aromatic nitrogens is 1. The van der Waals surface area contributed by atoms with Crippen molar-refractivity contribution in [2.45, 2.75) is 25.6 Å². The summed E-state index contributed by atoms with van der Waals surface area (Å²) in [6.07, 6.45) is 0.972. The highest BCUT2D eigenvalue weighted by Gasteiger charge is 2.31. The van der Waals surface area contributed by atoms with E-state index in [2.05, 4.69) is 40.8 Å². The molecule has 1 unspecified atom stereocenters. The minimum absolute atomic E-state index is 0.0163. The molecule has 5 aromatic rings. The Morgan fingerprint density at radius 1 is 0.864 bits per heavy atom. The fourth-order valence-electron chi connectivity index (χ4n) is 6.77. The van der Waals surface area contributed by atoms with Crippen LogP contribution < -0.4 is 9.64 Å². The van der Waals surface area contributed by atoms with Crippen LogP contribution in [0.5, 0.6) is 5.75 Å². The van der Waals surface area contributed by atoms with Crippen molar-refractivity contribution in [1.29, 1.82) is 0 Å². The number of hydrogen-bond acceptors (Lipinski definition) is 4. The van der Waals surface area contributed by atoms with Gasteiger partial charge in [-0.2, -0.15) is 0 Å². The summed E-state index contributed by atoms with van der Waals surface area (Å²) >= 11 is 0. The molecule has 2 amide bonds. The minimum atomic E-state index is -0.117. The van der Waals surface area contributed by atoms with Gasteiger partial charge in [0.25, 0.3) is 11.8 Å². The Balaban J connectivity index is 1.23. The van der Waals surface area contributed by atoms with Gasteiger partial charge >= 0.3 is 0 Å². The van der Waals surface area contributed by atoms with Gasteiger partial charge in [-0.1, -0.05) is 60.7 Å². The monoisotopic (exact) mass is 584 g/mol. The van der Waals surface area contributed by atoms with Gasteiger partial charge in [0.1, 0.15) is 11.4 Å². The molecule has 2 aliphatic heterocycles. The topological polar surface area (TPSA) is 58.0 Å². The van der Waals surface area contributed by atoms with E-state index in [1.807, 2.05) is 89.6 Å². The number of likely N-dealkylation sites (tertiary alicyclic amines) is 1. The third-order valence-electron chi connectivity index (χ3n) is 9.23. The summed E-state index contributed by atoms with van der Waals surface area (Å²) in [5.41, 5.74) is 5.96. The molecule has 1 fully saturated rings. The molecule has 44 heavy (non-hydrogen) atoms. The highest BCUT2D eigenvalue weighted by atomic mass is 16.5. The molecule has 0 saturated carbocycles. The van der Waals surface area contributed by atoms with Crippen molar-refractivity contribution in [1.82, 2.24) is 14.4 Å². The summed E-state index contributed by atoms with van der Waals surface area (Å²) < 4.78 is 7.94. The summed E-state index contributed by atoms with van der Waals surface area (Å²) in [6, 6.07) is 32.3. The van der Waals surface area contributed by atoms with Crippen molar-refractivity contribution < 1.29 is 14.3 Å². The summed E-state index contributed by atoms with van der Waals surface area (Å²) in [6.45, 7) is 2.74. The van der Waals surface area contributed by atoms with Crippen molar-refractivity contribution in [3.63, 3.8) is 0 Å². The van der Waals surface area contributed by atoms with E-state index in [-0.39, 0.29) is 17.9 Å². The van der Waals surface area contributed by atoms with Gasteiger partial charge in [0, 0.05) is 42.1 Å². The van der Waals surface area contributed by atoms with E-state index < -0.39 is 0 Å². The molecule has 7 rings (SSSR count). The molecule has 3 heterocycles. The molecular formula is C37H36N4O3. The molecule has 7 nitrogen and oxygen atoms in total. The molecule has 0 aliphatic carbocycles. The van der Waals surface area contributed by atoms with E-state index in [9.17, 15) is 9.59 Å². The lowest BCUT2D eigenvalue weighted by molar-refractivity contribution is 0.0726. The number of ether oxygens (including phenoxy) is 1. The standard InChI is InChI=1S/C37H36N4O3/c1-38-20-19-28(23-38)39(2)37(43)34-18-16-29-24-41(33-14-7-5-10-27(33)22-40(29)34)36(42)26-15-17-32(35(21-26)44-3)31-13-8-11-25-9-4-6-12-30(25)31/h4-18,21,28H,19-20,22-24H2,1-3H3. The van der Waals surface area contributed by atoms with Crippen molar-refractivity contribution in [2.75, 3.05) is 39.2 Å². The average molecular weight is 585 g/mol. The third kappa shape index (κ3) is 4.83. The number of anilines is 1. The number of likely N-dealkylation sites (N-methyl/N-ethyl adjacent to an activating group) is 2. The first-order valence-corrected chi connectivity index (χ1v) is 15.1. The molecule has 2 aliphatic rings. The second-order valence-electron chi connectivity index (χ2n) is 11.9. The predicted molar refractivity (Wildman–Crippen MR) is 174 cm³/mol. The normalized spacial score (nSPS) is 16.3. The molecule has 1 atom stereocenters. The molecule has 0 spiro atoms. The van der Waals surface area contributed by atoms with Gasteiger partial charge in [0.15, 0.2) is 0 Å². The smallest absolute Gasteiger partial charge is 0.270 e. The maximum atomic E-state index is 14.3. The van der Waals surface area contributed by atoms with Crippen LogP contribution in [0, 0.1) is 0 Å². The Kier molecular flexibility index (Phi) is 7.18. The zero-order valence-corrected chi connectivity index (χ0v) is 25.4. The van der Waals surface area contributed by atoms with Crippen LogP contribution in [0.3, 0.4) is 0 Å². The Hall–Kier alpha value is -4.88. The van der Waals surface area contributed by atoms with Crippen LogP contribution in [-0.2, 0) is 13.1 Å². The Labute approximate surface area is 257 Å². The molecule has 1 saturated heterocycles. The van der Waals surface area contributed by atoms with Gasteiger partial charge < -0.3 is 24.0 Å². The lowest BCUT2D eigenvalue weighted by Gasteiger charge is -2.25. The summed E-state index contributed by atoms with van der Waals surface area (Å²) in [7, 11) is 5.64. The van der Waals surface area contributed by atoms with E-state index in [0.29, 0.717) is 30.1 Å². The molecule has 1 aromatic heterocycles. The van der Waals surface area contributed by atoms with Gasteiger partial charge in [0.05, 0.1) is 20.2 Å². The molecule has 0 N–H and O–H groups in total. The fraction of sp³-hybridized carbons (Fsp3) is 0.243. The van der Waals surface area contributed by atoms with Gasteiger partial charge in [-0.05, 0) is 78.3 Å². The Bertz CT molecular complexity index is 1890. The Morgan fingerprint density at radius 3 is 2.48 bits per heavy atom. The summed E-state index contributed by atoms with van der Waals surface area (Å²) in [4.78, 5) is 34.0. The number of carbonyl (C=O) groups excluding carboxylic acids is 2. The molecular weight excluding hydrogens is 548 g/mol. The number of methoxy groups -OCH3 is 1. The van der Waals surface area contributed by atoms with Crippen LogP contribution >= 0.6 is 0 Å². The van der Waals surface area contributed by atoms with E-state index in [4.69, 9.17) is 4.74 Å². The largest absolute Gasteiger partial charge is 0.496 e. The van der Waals surface area contributed by atoms with E-state index in [0.717, 1.165) is 58.4 Å². The van der Waals surface area contributed by atoms with Crippen molar-refractivity contribution in [3.8, 4) is 16.9 Å². The SMILES string of the molecule is COc1cc(C(=O)N2Cc3ccc(C(=O)N(C)C4CCN(C)C4)n3Cc3ccccc32)ccc1-c1cccc2ccccc12. The molecule has 0 radical (unpaired) electrons. The van der Waals surface area contributed by atoms with Crippen LogP contribution in [0.25, 0.3) is 21.9 Å². The molecule has 4 aromatic carbocycles. The van der Waals surface area contributed by atoms with Crippen molar-refractivity contribution in [2.24, 2.45) is 0 Å². The lowest BCUT2D eigenvalue weighted by Crippen LogP contribution is -2.39.